The number of rotatable bonds is 5. The van der Waals surface area contributed by atoms with Crippen molar-refractivity contribution in [3.8, 4) is 0 Å². The smallest absolute Gasteiger partial charge is 0.335 e. The molecule has 0 saturated carbocycles. The third kappa shape index (κ3) is 4.03. The van der Waals surface area contributed by atoms with E-state index in [0.717, 1.165) is 11.1 Å². The molecule has 2 aromatic rings. The summed E-state index contributed by atoms with van der Waals surface area (Å²) in [5, 5.41) is 9.02. The lowest BCUT2D eigenvalue weighted by Crippen LogP contribution is -2.48. The Hall–Kier alpha value is -2.66. The van der Waals surface area contributed by atoms with Crippen LogP contribution in [0, 0.1) is 6.92 Å². The van der Waals surface area contributed by atoms with Gasteiger partial charge in [0.2, 0.25) is 5.91 Å². The number of carboxylic acid groups (broad SMARTS) is 1. The topological polar surface area (TPSA) is 66.8 Å². The predicted octanol–water partition coefficient (Wildman–Crippen LogP) is 3.40. The Labute approximate surface area is 159 Å². The molecular weight excluding hydrogens is 342 g/mol. The zero-order valence-electron chi connectivity index (χ0n) is 15.8. The summed E-state index contributed by atoms with van der Waals surface area (Å²) in [4.78, 5) is 26.2. The molecule has 0 bridgehead atoms. The molecule has 0 aliphatic carbocycles. The van der Waals surface area contributed by atoms with Crippen LogP contribution in [-0.2, 0) is 21.5 Å². The molecule has 1 saturated heterocycles. The van der Waals surface area contributed by atoms with E-state index in [-0.39, 0.29) is 11.5 Å². The van der Waals surface area contributed by atoms with Gasteiger partial charge in [-0.2, -0.15) is 0 Å². The number of amides is 1. The van der Waals surface area contributed by atoms with E-state index in [1.807, 2.05) is 31.2 Å². The van der Waals surface area contributed by atoms with E-state index < -0.39 is 11.4 Å². The van der Waals surface area contributed by atoms with Crippen LogP contribution in [0.25, 0.3) is 0 Å². The van der Waals surface area contributed by atoms with Crippen molar-refractivity contribution < 1.29 is 19.4 Å². The average Bonchev–Trinajstić information content (AvgIpc) is 2.68. The lowest BCUT2D eigenvalue weighted by Gasteiger charge is -2.39. The van der Waals surface area contributed by atoms with Gasteiger partial charge in [-0.25, -0.2) is 4.79 Å². The molecule has 0 aromatic heterocycles. The molecule has 3 rings (SSSR count). The van der Waals surface area contributed by atoms with E-state index in [9.17, 15) is 9.59 Å². The first-order valence-electron chi connectivity index (χ1n) is 9.15. The summed E-state index contributed by atoms with van der Waals surface area (Å²) in [5.41, 5.74) is 2.78. The number of benzene rings is 2. The molecule has 27 heavy (non-hydrogen) atoms. The van der Waals surface area contributed by atoms with Crippen LogP contribution in [0.2, 0.25) is 0 Å². The first kappa shape index (κ1) is 19.1. The Morgan fingerprint density at radius 2 is 1.63 bits per heavy atom. The van der Waals surface area contributed by atoms with Gasteiger partial charge in [-0.1, -0.05) is 42.0 Å². The number of hydrogen-bond donors (Lipinski definition) is 1. The molecule has 1 N–H and O–H groups in total. The largest absolute Gasteiger partial charge is 0.478 e. The van der Waals surface area contributed by atoms with Crippen molar-refractivity contribution >= 4 is 11.9 Å². The second-order valence-corrected chi connectivity index (χ2v) is 7.22. The number of carboxylic acids is 1. The van der Waals surface area contributed by atoms with Gasteiger partial charge in [0.05, 0.1) is 11.0 Å². The van der Waals surface area contributed by atoms with Crippen LogP contribution in [-0.4, -0.2) is 42.1 Å². The van der Waals surface area contributed by atoms with E-state index in [4.69, 9.17) is 9.84 Å². The standard InChI is InChI=1S/C22H25NO4/c1-16-3-9-19(10-4-16)22(11-13-27-14-12-22)21(26)23(2)15-17-5-7-18(8-6-17)20(24)25/h3-10H,11-15H2,1-2H3,(H,24,25). The first-order chi connectivity index (χ1) is 12.9. The Morgan fingerprint density at radius 3 is 2.19 bits per heavy atom. The molecule has 2 aromatic carbocycles. The fourth-order valence-electron chi connectivity index (χ4n) is 3.68. The van der Waals surface area contributed by atoms with Gasteiger partial charge in [0, 0.05) is 26.8 Å². The normalized spacial score (nSPS) is 15.9. The van der Waals surface area contributed by atoms with E-state index in [0.29, 0.717) is 32.6 Å². The van der Waals surface area contributed by atoms with Crippen molar-refractivity contribution in [2.24, 2.45) is 0 Å². The minimum Gasteiger partial charge on any atom is -0.478 e. The predicted molar refractivity (Wildman–Crippen MR) is 103 cm³/mol. The van der Waals surface area contributed by atoms with Crippen molar-refractivity contribution in [2.75, 3.05) is 20.3 Å². The quantitative estimate of drug-likeness (QED) is 0.880. The third-order valence-electron chi connectivity index (χ3n) is 5.33. The molecule has 1 heterocycles. The highest BCUT2D eigenvalue weighted by Crippen LogP contribution is 2.37. The minimum absolute atomic E-state index is 0.0805. The fourth-order valence-corrected chi connectivity index (χ4v) is 3.68. The molecular formula is C22H25NO4. The highest BCUT2D eigenvalue weighted by atomic mass is 16.5. The second kappa shape index (κ2) is 7.92. The van der Waals surface area contributed by atoms with Crippen molar-refractivity contribution in [1.82, 2.24) is 4.90 Å². The maximum Gasteiger partial charge on any atom is 0.335 e. The van der Waals surface area contributed by atoms with Crippen LogP contribution in [0.3, 0.4) is 0 Å². The van der Waals surface area contributed by atoms with Gasteiger partial charge in [-0.05, 0) is 43.0 Å². The molecule has 0 atom stereocenters. The van der Waals surface area contributed by atoms with Gasteiger partial charge in [-0.15, -0.1) is 0 Å². The lowest BCUT2D eigenvalue weighted by atomic mass is 9.73. The number of carbonyl (C=O) groups excluding carboxylic acids is 1. The number of hydrogen-bond acceptors (Lipinski definition) is 3. The summed E-state index contributed by atoms with van der Waals surface area (Å²) in [7, 11) is 1.80. The molecule has 1 aliphatic heterocycles. The molecule has 1 fully saturated rings. The lowest BCUT2D eigenvalue weighted by molar-refractivity contribution is -0.140. The SMILES string of the molecule is Cc1ccc(C2(C(=O)N(C)Cc3ccc(C(=O)O)cc3)CCOCC2)cc1. The van der Waals surface area contributed by atoms with Crippen molar-refractivity contribution in [3.05, 3.63) is 70.8 Å². The van der Waals surface area contributed by atoms with Crippen LogP contribution in [0.4, 0.5) is 0 Å². The second-order valence-electron chi connectivity index (χ2n) is 7.22. The monoisotopic (exact) mass is 367 g/mol. The van der Waals surface area contributed by atoms with E-state index in [1.165, 1.54) is 5.56 Å². The summed E-state index contributed by atoms with van der Waals surface area (Å²) in [6, 6.07) is 14.9. The number of aryl methyl sites for hydroxylation is 1. The zero-order chi connectivity index (χ0) is 19.4. The van der Waals surface area contributed by atoms with Crippen molar-refractivity contribution in [3.63, 3.8) is 0 Å². The van der Waals surface area contributed by atoms with Crippen LogP contribution >= 0.6 is 0 Å². The maximum absolute atomic E-state index is 13.5. The highest BCUT2D eigenvalue weighted by Gasteiger charge is 2.43. The van der Waals surface area contributed by atoms with Crippen molar-refractivity contribution in [2.45, 2.75) is 31.7 Å². The summed E-state index contributed by atoms with van der Waals surface area (Å²) in [6.07, 6.45) is 1.33. The van der Waals surface area contributed by atoms with Gasteiger partial charge in [0.25, 0.3) is 0 Å². The zero-order valence-corrected chi connectivity index (χ0v) is 15.8. The van der Waals surface area contributed by atoms with Crippen LogP contribution in [0.15, 0.2) is 48.5 Å². The number of carbonyl (C=O) groups is 2. The molecule has 1 amide bonds. The van der Waals surface area contributed by atoms with Gasteiger partial charge in [0.1, 0.15) is 0 Å². The molecule has 0 unspecified atom stereocenters. The number of ether oxygens (including phenoxy) is 1. The summed E-state index contributed by atoms with van der Waals surface area (Å²) >= 11 is 0. The van der Waals surface area contributed by atoms with Crippen molar-refractivity contribution in [1.29, 1.82) is 0 Å². The van der Waals surface area contributed by atoms with Crippen LogP contribution < -0.4 is 0 Å². The Morgan fingerprint density at radius 1 is 1.04 bits per heavy atom. The van der Waals surface area contributed by atoms with Crippen LogP contribution in [0.5, 0.6) is 0 Å². The van der Waals surface area contributed by atoms with Gasteiger partial charge < -0.3 is 14.7 Å². The maximum atomic E-state index is 13.5. The van der Waals surface area contributed by atoms with E-state index in [1.54, 1.807) is 36.2 Å². The average molecular weight is 367 g/mol. The molecule has 0 radical (unpaired) electrons. The molecule has 0 spiro atoms. The van der Waals surface area contributed by atoms with Gasteiger partial charge >= 0.3 is 5.97 Å². The van der Waals surface area contributed by atoms with Crippen LogP contribution in [0.1, 0.15) is 39.9 Å². The Balaban J connectivity index is 1.83. The number of aromatic carboxylic acids is 1. The van der Waals surface area contributed by atoms with E-state index in [2.05, 4.69) is 0 Å². The summed E-state index contributed by atoms with van der Waals surface area (Å²) in [6.45, 7) is 3.61. The number of likely N-dealkylation sites (N-methyl/N-ethyl adjacent to an activating group) is 1. The Kier molecular flexibility index (Phi) is 5.61. The molecule has 5 nitrogen and oxygen atoms in total. The highest BCUT2D eigenvalue weighted by molar-refractivity contribution is 5.89. The molecule has 1 aliphatic rings. The Bertz CT molecular complexity index is 805. The first-order valence-corrected chi connectivity index (χ1v) is 9.15. The third-order valence-corrected chi connectivity index (χ3v) is 5.33. The van der Waals surface area contributed by atoms with E-state index >= 15 is 0 Å². The number of nitrogens with zero attached hydrogens (tertiary/aromatic N) is 1. The van der Waals surface area contributed by atoms with Gasteiger partial charge in [-0.3, -0.25) is 4.79 Å². The van der Waals surface area contributed by atoms with Gasteiger partial charge in [0.15, 0.2) is 0 Å². The molecule has 5 heteroatoms. The summed E-state index contributed by atoms with van der Waals surface area (Å²) in [5.74, 6) is -0.872. The fraction of sp³-hybridized carbons (Fsp3) is 0.364. The minimum atomic E-state index is -0.952. The summed E-state index contributed by atoms with van der Waals surface area (Å²) < 4.78 is 5.53. The molecule has 142 valence electrons.